The lowest BCUT2D eigenvalue weighted by Gasteiger charge is -2.27. The van der Waals surface area contributed by atoms with Gasteiger partial charge < -0.3 is 20.5 Å². The number of nitrogens with one attached hydrogen (secondary N) is 1. The number of hydrogen-bond donors (Lipinski definition) is 3. The molecule has 1 heterocycles. The number of carbonyl (C=O) groups excluding carboxylic acids is 2. The van der Waals surface area contributed by atoms with E-state index in [9.17, 15) is 19.5 Å². The molecule has 0 aromatic heterocycles. The number of carbonyl (C=O) groups is 3. The molecule has 1 saturated heterocycles. The van der Waals surface area contributed by atoms with Gasteiger partial charge in [-0.2, -0.15) is 0 Å². The molecule has 1 fully saturated rings. The number of amides is 1. The molecule has 1 aliphatic rings. The Morgan fingerprint density at radius 2 is 1.82 bits per heavy atom. The van der Waals surface area contributed by atoms with Crippen LogP contribution in [-0.2, 0) is 19.1 Å². The van der Waals surface area contributed by atoms with E-state index in [1.165, 1.54) is 4.90 Å². The smallest absolute Gasteiger partial charge is 0.326 e. The van der Waals surface area contributed by atoms with Gasteiger partial charge in [-0.15, -0.1) is 0 Å². The first kappa shape index (κ1) is 24.4. The fourth-order valence-corrected chi connectivity index (χ4v) is 3.62. The Balaban J connectivity index is 2.53. The predicted molar refractivity (Wildman–Crippen MR) is 107 cm³/mol. The summed E-state index contributed by atoms with van der Waals surface area (Å²) in [5.74, 6) is -1.61. The number of hydrogen-bond acceptors (Lipinski definition) is 6. The molecule has 0 aromatic rings. The molecule has 4 N–H and O–H groups in total. The van der Waals surface area contributed by atoms with Gasteiger partial charge in [0.25, 0.3) is 0 Å². The molecule has 0 aromatic carbocycles. The van der Waals surface area contributed by atoms with E-state index in [0.29, 0.717) is 25.8 Å². The van der Waals surface area contributed by atoms with Gasteiger partial charge >= 0.3 is 11.9 Å². The zero-order valence-corrected chi connectivity index (χ0v) is 17.3. The van der Waals surface area contributed by atoms with Crippen molar-refractivity contribution in [3.8, 4) is 0 Å². The predicted octanol–water partition coefficient (Wildman–Crippen LogP) is 1.66. The van der Waals surface area contributed by atoms with Crippen LogP contribution in [0.15, 0.2) is 0 Å². The van der Waals surface area contributed by atoms with Gasteiger partial charge in [0.2, 0.25) is 5.91 Å². The summed E-state index contributed by atoms with van der Waals surface area (Å²) in [6.07, 6.45) is 8.02. The number of carboxylic acids is 1. The highest BCUT2D eigenvalue weighted by atomic mass is 16.5. The SMILES string of the molecule is CCOC(=O)[C@H](CCCCCCCCN)N[C@@H](C)C(=O)N1CCC[C@H]1C(=O)O. The minimum Gasteiger partial charge on any atom is -0.480 e. The fraction of sp³-hybridized carbons (Fsp3) is 0.850. The van der Waals surface area contributed by atoms with Crippen molar-refractivity contribution < 1.29 is 24.2 Å². The van der Waals surface area contributed by atoms with Crippen LogP contribution in [0.2, 0.25) is 0 Å². The van der Waals surface area contributed by atoms with E-state index in [0.717, 1.165) is 45.1 Å². The van der Waals surface area contributed by atoms with Gasteiger partial charge in [-0.05, 0) is 46.1 Å². The molecule has 28 heavy (non-hydrogen) atoms. The van der Waals surface area contributed by atoms with E-state index in [-0.39, 0.29) is 18.5 Å². The number of rotatable bonds is 14. The Morgan fingerprint density at radius 3 is 2.43 bits per heavy atom. The van der Waals surface area contributed by atoms with E-state index in [1.807, 2.05) is 0 Å². The van der Waals surface area contributed by atoms with Crippen molar-refractivity contribution in [2.45, 2.75) is 89.8 Å². The van der Waals surface area contributed by atoms with Gasteiger partial charge in [-0.1, -0.05) is 32.1 Å². The summed E-state index contributed by atoms with van der Waals surface area (Å²) >= 11 is 0. The average molecular weight is 400 g/mol. The molecule has 1 amide bonds. The quantitative estimate of drug-likeness (QED) is 0.300. The number of nitrogens with zero attached hydrogens (tertiary/aromatic N) is 1. The number of aliphatic carboxylic acids is 1. The van der Waals surface area contributed by atoms with Gasteiger partial charge in [-0.3, -0.25) is 14.9 Å². The zero-order valence-electron chi connectivity index (χ0n) is 17.3. The molecule has 0 spiro atoms. The highest BCUT2D eigenvalue weighted by Gasteiger charge is 2.36. The fourth-order valence-electron chi connectivity index (χ4n) is 3.62. The van der Waals surface area contributed by atoms with Crippen LogP contribution in [0.25, 0.3) is 0 Å². The van der Waals surface area contributed by atoms with Crippen molar-refractivity contribution in [2.75, 3.05) is 19.7 Å². The minimum absolute atomic E-state index is 0.277. The second kappa shape index (κ2) is 13.5. The third-order valence-electron chi connectivity index (χ3n) is 5.16. The first-order chi connectivity index (χ1) is 13.4. The summed E-state index contributed by atoms with van der Waals surface area (Å²) in [5.41, 5.74) is 5.49. The lowest BCUT2D eigenvalue weighted by atomic mass is 10.0. The normalized spacial score (nSPS) is 18.7. The maximum Gasteiger partial charge on any atom is 0.326 e. The summed E-state index contributed by atoms with van der Waals surface area (Å²) in [4.78, 5) is 37.7. The number of likely N-dealkylation sites (tertiary alicyclic amines) is 1. The Kier molecular flexibility index (Phi) is 11.7. The minimum atomic E-state index is -0.977. The van der Waals surface area contributed by atoms with Crippen LogP contribution in [-0.4, -0.2) is 65.7 Å². The summed E-state index contributed by atoms with van der Waals surface area (Å²) in [6, 6.07) is -1.97. The number of nitrogens with two attached hydrogens (primary N) is 1. The maximum atomic E-state index is 12.7. The largest absolute Gasteiger partial charge is 0.480 e. The van der Waals surface area contributed by atoms with Gasteiger partial charge in [-0.25, -0.2) is 4.79 Å². The highest BCUT2D eigenvalue weighted by molar-refractivity contribution is 5.88. The third-order valence-corrected chi connectivity index (χ3v) is 5.16. The van der Waals surface area contributed by atoms with Crippen LogP contribution >= 0.6 is 0 Å². The third kappa shape index (κ3) is 8.14. The Bertz CT molecular complexity index is 500. The van der Waals surface area contributed by atoms with E-state index in [4.69, 9.17) is 10.5 Å². The first-order valence-corrected chi connectivity index (χ1v) is 10.6. The van der Waals surface area contributed by atoms with Crippen molar-refractivity contribution >= 4 is 17.8 Å². The maximum absolute atomic E-state index is 12.7. The number of carboxylic acid groups (broad SMARTS) is 1. The van der Waals surface area contributed by atoms with E-state index in [1.54, 1.807) is 13.8 Å². The molecule has 0 saturated carbocycles. The molecule has 8 heteroatoms. The molecule has 0 aliphatic carbocycles. The number of esters is 1. The van der Waals surface area contributed by atoms with Crippen molar-refractivity contribution in [3.63, 3.8) is 0 Å². The van der Waals surface area contributed by atoms with Gasteiger partial charge in [0.1, 0.15) is 12.1 Å². The Hall–Kier alpha value is -1.67. The number of ether oxygens (including phenoxy) is 1. The topological polar surface area (TPSA) is 122 Å². The summed E-state index contributed by atoms with van der Waals surface area (Å²) in [6.45, 7) is 4.88. The molecular weight excluding hydrogens is 362 g/mol. The van der Waals surface area contributed by atoms with Crippen LogP contribution in [0.5, 0.6) is 0 Å². The van der Waals surface area contributed by atoms with E-state index < -0.39 is 24.1 Å². The molecule has 0 unspecified atom stereocenters. The molecule has 1 rings (SSSR count). The Labute approximate surface area is 168 Å². The van der Waals surface area contributed by atoms with Crippen LogP contribution < -0.4 is 11.1 Å². The van der Waals surface area contributed by atoms with E-state index >= 15 is 0 Å². The van der Waals surface area contributed by atoms with Crippen molar-refractivity contribution in [2.24, 2.45) is 5.73 Å². The molecule has 0 radical (unpaired) electrons. The summed E-state index contributed by atoms with van der Waals surface area (Å²) in [7, 11) is 0. The van der Waals surface area contributed by atoms with Gasteiger partial charge in [0.05, 0.1) is 12.6 Å². The molecule has 0 bridgehead atoms. The zero-order chi connectivity index (χ0) is 20.9. The van der Waals surface area contributed by atoms with Crippen molar-refractivity contribution in [1.29, 1.82) is 0 Å². The van der Waals surface area contributed by atoms with Crippen LogP contribution in [0.1, 0.15) is 71.6 Å². The number of unbranched alkanes of at least 4 members (excludes halogenated alkanes) is 5. The lowest BCUT2D eigenvalue weighted by Crippen LogP contribution is -2.53. The second-order valence-corrected chi connectivity index (χ2v) is 7.42. The Morgan fingerprint density at radius 1 is 1.18 bits per heavy atom. The van der Waals surface area contributed by atoms with Gasteiger partial charge in [0.15, 0.2) is 0 Å². The standard InChI is InChI=1S/C20H37N3O5/c1-3-28-20(27)16(11-8-6-4-5-7-9-13-21)22-15(2)18(24)23-14-10-12-17(23)19(25)26/h15-17,22H,3-14,21H2,1-2H3,(H,25,26)/t15-,16-,17-/m0/s1. The average Bonchev–Trinajstić information content (AvgIpc) is 3.15. The molecule has 1 aliphatic heterocycles. The van der Waals surface area contributed by atoms with Crippen LogP contribution in [0.4, 0.5) is 0 Å². The highest BCUT2D eigenvalue weighted by Crippen LogP contribution is 2.19. The summed E-state index contributed by atoms with van der Waals surface area (Å²) < 4.78 is 5.15. The van der Waals surface area contributed by atoms with Crippen LogP contribution in [0, 0.1) is 0 Å². The van der Waals surface area contributed by atoms with Gasteiger partial charge in [0, 0.05) is 6.54 Å². The molecule has 162 valence electrons. The van der Waals surface area contributed by atoms with E-state index in [2.05, 4.69) is 5.32 Å². The first-order valence-electron chi connectivity index (χ1n) is 10.6. The van der Waals surface area contributed by atoms with Crippen molar-refractivity contribution in [3.05, 3.63) is 0 Å². The molecule has 3 atom stereocenters. The second-order valence-electron chi connectivity index (χ2n) is 7.42. The molecular formula is C20H37N3O5. The monoisotopic (exact) mass is 399 g/mol. The van der Waals surface area contributed by atoms with Crippen molar-refractivity contribution in [1.82, 2.24) is 10.2 Å². The van der Waals surface area contributed by atoms with Crippen LogP contribution in [0.3, 0.4) is 0 Å². The molecule has 8 nitrogen and oxygen atoms in total. The summed E-state index contributed by atoms with van der Waals surface area (Å²) in [5, 5.41) is 12.4. The lowest BCUT2D eigenvalue weighted by molar-refractivity contribution is -0.150.